The highest BCUT2D eigenvalue weighted by Crippen LogP contribution is 2.39. The summed E-state index contributed by atoms with van der Waals surface area (Å²) in [7, 11) is 0. The second-order valence-corrected chi connectivity index (χ2v) is 12.0. The second-order valence-electron chi connectivity index (χ2n) is 12.0. The van der Waals surface area contributed by atoms with Crippen molar-refractivity contribution in [2.24, 2.45) is 0 Å². The van der Waals surface area contributed by atoms with E-state index in [-0.39, 0.29) is 10.8 Å². The molecule has 37 heavy (non-hydrogen) atoms. The Kier molecular flexibility index (Phi) is 5.24. The normalized spacial score (nSPS) is 12.6. The molecule has 0 N–H and O–H groups in total. The SMILES string of the molecule is CC(C)(C)c1ccc2c(cc(C(C)(C)C)n3c4cc(-c5ccccc5)c(-c5ccccc5)cc4nc23)n1. The lowest BCUT2D eigenvalue weighted by atomic mass is 9.89. The van der Waals surface area contributed by atoms with Crippen molar-refractivity contribution < 1.29 is 0 Å². The van der Waals surface area contributed by atoms with E-state index in [0.717, 1.165) is 33.3 Å². The molecule has 3 heterocycles. The molecule has 0 unspecified atom stereocenters. The molecule has 3 nitrogen and oxygen atoms in total. The van der Waals surface area contributed by atoms with E-state index in [0.29, 0.717) is 0 Å². The van der Waals surface area contributed by atoms with Gasteiger partial charge in [-0.05, 0) is 52.6 Å². The first-order valence-electron chi connectivity index (χ1n) is 13.0. The van der Waals surface area contributed by atoms with Crippen molar-refractivity contribution in [2.45, 2.75) is 52.4 Å². The first-order chi connectivity index (χ1) is 17.6. The van der Waals surface area contributed by atoms with E-state index in [2.05, 4.69) is 137 Å². The average Bonchev–Trinajstić information content (AvgIpc) is 3.25. The topological polar surface area (TPSA) is 30.2 Å². The Morgan fingerprint density at radius 1 is 0.568 bits per heavy atom. The van der Waals surface area contributed by atoms with Crippen LogP contribution in [0.3, 0.4) is 0 Å². The van der Waals surface area contributed by atoms with Gasteiger partial charge < -0.3 is 0 Å². The summed E-state index contributed by atoms with van der Waals surface area (Å²) < 4.78 is 2.36. The minimum absolute atomic E-state index is 0.0164. The molecule has 3 heteroatoms. The van der Waals surface area contributed by atoms with Gasteiger partial charge in [-0.3, -0.25) is 9.38 Å². The summed E-state index contributed by atoms with van der Waals surface area (Å²) in [6, 6.07) is 32.5. The zero-order chi connectivity index (χ0) is 25.9. The fourth-order valence-electron chi connectivity index (χ4n) is 5.20. The van der Waals surface area contributed by atoms with E-state index in [1.807, 2.05) is 0 Å². The molecule has 0 aliphatic carbocycles. The lowest BCUT2D eigenvalue weighted by Gasteiger charge is -2.23. The van der Waals surface area contributed by atoms with Gasteiger partial charge in [0.1, 0.15) is 5.65 Å². The third kappa shape index (κ3) is 3.99. The number of pyridine rings is 2. The summed E-state index contributed by atoms with van der Waals surface area (Å²) >= 11 is 0. The molecule has 3 aromatic carbocycles. The minimum atomic E-state index is -0.0928. The Morgan fingerprint density at radius 2 is 1.16 bits per heavy atom. The Hall–Kier alpha value is -3.98. The maximum Gasteiger partial charge on any atom is 0.147 e. The molecule has 6 rings (SSSR count). The first-order valence-corrected chi connectivity index (χ1v) is 13.0. The Balaban J connectivity index is 1.76. The van der Waals surface area contributed by atoms with Crippen molar-refractivity contribution in [1.82, 2.24) is 14.4 Å². The number of rotatable bonds is 2. The summed E-state index contributed by atoms with van der Waals surface area (Å²) in [5.74, 6) is 0. The number of hydrogen-bond acceptors (Lipinski definition) is 2. The van der Waals surface area contributed by atoms with Gasteiger partial charge in [0.15, 0.2) is 0 Å². The van der Waals surface area contributed by atoms with Crippen LogP contribution >= 0.6 is 0 Å². The third-order valence-corrected chi connectivity index (χ3v) is 7.18. The molecule has 0 amide bonds. The van der Waals surface area contributed by atoms with Crippen molar-refractivity contribution in [3.8, 4) is 22.3 Å². The molecule has 0 atom stereocenters. The fraction of sp³-hybridized carbons (Fsp3) is 0.235. The van der Waals surface area contributed by atoms with Gasteiger partial charge in [-0.15, -0.1) is 0 Å². The average molecular weight is 484 g/mol. The summed E-state index contributed by atoms with van der Waals surface area (Å²) in [4.78, 5) is 10.4. The molecule has 0 saturated carbocycles. The fourth-order valence-corrected chi connectivity index (χ4v) is 5.20. The predicted octanol–water partition coefficient (Wildman–Crippen LogP) is 8.96. The lowest BCUT2D eigenvalue weighted by Crippen LogP contribution is -2.17. The third-order valence-electron chi connectivity index (χ3n) is 7.18. The van der Waals surface area contributed by atoms with E-state index in [9.17, 15) is 0 Å². The van der Waals surface area contributed by atoms with E-state index in [1.54, 1.807) is 0 Å². The molecule has 0 fully saturated rings. The van der Waals surface area contributed by atoms with E-state index >= 15 is 0 Å². The Labute approximate surface area is 218 Å². The summed E-state index contributed by atoms with van der Waals surface area (Å²) in [6.07, 6.45) is 0. The summed E-state index contributed by atoms with van der Waals surface area (Å²) in [6.45, 7) is 13.4. The highest BCUT2D eigenvalue weighted by molar-refractivity contribution is 6.01. The lowest BCUT2D eigenvalue weighted by molar-refractivity contribution is 0.562. The largest absolute Gasteiger partial charge is 0.295 e. The van der Waals surface area contributed by atoms with Gasteiger partial charge in [0.25, 0.3) is 0 Å². The van der Waals surface area contributed by atoms with E-state index in [1.165, 1.54) is 27.9 Å². The van der Waals surface area contributed by atoms with Gasteiger partial charge in [-0.25, -0.2) is 4.98 Å². The number of aromatic nitrogens is 3. The van der Waals surface area contributed by atoms with Gasteiger partial charge >= 0.3 is 0 Å². The van der Waals surface area contributed by atoms with Gasteiger partial charge in [0, 0.05) is 27.6 Å². The summed E-state index contributed by atoms with van der Waals surface area (Å²) in [5.41, 5.74) is 11.1. The zero-order valence-corrected chi connectivity index (χ0v) is 22.5. The van der Waals surface area contributed by atoms with Crippen LogP contribution in [0.2, 0.25) is 0 Å². The molecule has 0 radical (unpaired) electrons. The molecular formula is C34H33N3. The van der Waals surface area contributed by atoms with Gasteiger partial charge in [-0.2, -0.15) is 0 Å². The molecule has 0 aliphatic rings. The smallest absolute Gasteiger partial charge is 0.147 e. The zero-order valence-electron chi connectivity index (χ0n) is 22.5. The number of benzene rings is 3. The van der Waals surface area contributed by atoms with Crippen molar-refractivity contribution in [3.63, 3.8) is 0 Å². The van der Waals surface area contributed by atoms with Crippen LogP contribution in [0.25, 0.3) is 49.8 Å². The quantitative estimate of drug-likeness (QED) is 0.246. The van der Waals surface area contributed by atoms with Crippen LogP contribution < -0.4 is 0 Å². The van der Waals surface area contributed by atoms with Crippen molar-refractivity contribution in [2.75, 3.05) is 0 Å². The van der Waals surface area contributed by atoms with Crippen molar-refractivity contribution >= 4 is 27.6 Å². The maximum absolute atomic E-state index is 5.25. The van der Waals surface area contributed by atoms with E-state index < -0.39 is 0 Å². The maximum atomic E-state index is 5.25. The number of imidazole rings is 1. The van der Waals surface area contributed by atoms with Crippen LogP contribution in [-0.4, -0.2) is 14.4 Å². The van der Waals surface area contributed by atoms with Crippen LogP contribution in [0.4, 0.5) is 0 Å². The second kappa shape index (κ2) is 8.27. The number of hydrogen-bond donors (Lipinski definition) is 0. The van der Waals surface area contributed by atoms with Gasteiger partial charge in [0.2, 0.25) is 0 Å². The predicted molar refractivity (Wildman–Crippen MR) is 156 cm³/mol. The highest BCUT2D eigenvalue weighted by atomic mass is 15.0. The van der Waals surface area contributed by atoms with Crippen LogP contribution in [0, 0.1) is 0 Å². The summed E-state index contributed by atoms with van der Waals surface area (Å²) in [5, 5.41) is 1.08. The molecule has 3 aromatic heterocycles. The molecular weight excluding hydrogens is 450 g/mol. The molecule has 0 bridgehead atoms. The standard InChI is InChI=1S/C34H33N3/c1-33(2,3)30-18-17-24-27(35-30)21-31(34(4,5)6)37-29-20-26(23-15-11-8-12-16-23)25(19-28(29)36-32(24)37)22-13-9-7-10-14-22/h7-21H,1-6H3. The first kappa shape index (κ1) is 23.4. The Bertz CT molecular complexity index is 1760. The number of fused-ring (bicyclic) bond motifs is 5. The van der Waals surface area contributed by atoms with Crippen molar-refractivity contribution in [1.29, 1.82) is 0 Å². The molecule has 6 aromatic rings. The van der Waals surface area contributed by atoms with Crippen LogP contribution in [0.1, 0.15) is 52.9 Å². The minimum Gasteiger partial charge on any atom is -0.295 e. The van der Waals surface area contributed by atoms with Gasteiger partial charge in [0.05, 0.1) is 16.6 Å². The number of nitrogens with zero attached hydrogens (tertiary/aromatic N) is 3. The molecule has 0 aliphatic heterocycles. The molecule has 0 spiro atoms. The molecule has 184 valence electrons. The van der Waals surface area contributed by atoms with Crippen LogP contribution in [0.5, 0.6) is 0 Å². The van der Waals surface area contributed by atoms with Gasteiger partial charge in [-0.1, -0.05) is 102 Å². The van der Waals surface area contributed by atoms with E-state index in [4.69, 9.17) is 9.97 Å². The molecule has 0 saturated heterocycles. The van der Waals surface area contributed by atoms with Crippen LogP contribution in [-0.2, 0) is 10.8 Å². The van der Waals surface area contributed by atoms with Crippen LogP contribution in [0.15, 0.2) is 91.0 Å². The highest BCUT2D eigenvalue weighted by Gasteiger charge is 2.24. The Morgan fingerprint density at radius 3 is 1.73 bits per heavy atom. The monoisotopic (exact) mass is 483 g/mol. The van der Waals surface area contributed by atoms with Crippen molar-refractivity contribution in [3.05, 3.63) is 102 Å².